The molecule has 0 unspecified atom stereocenters. The van der Waals surface area contributed by atoms with E-state index >= 15 is 0 Å². The van der Waals surface area contributed by atoms with Gasteiger partial charge < -0.3 is 25.9 Å². The van der Waals surface area contributed by atoms with Crippen LogP contribution in [0.5, 0.6) is 11.5 Å². The summed E-state index contributed by atoms with van der Waals surface area (Å²) in [4.78, 5) is 8.23. The molecule has 0 atom stereocenters. The third kappa shape index (κ3) is 5.73. The van der Waals surface area contributed by atoms with Crippen LogP contribution in [0.4, 0.5) is 0 Å². The van der Waals surface area contributed by atoms with Crippen molar-refractivity contribution >= 4 is 38.6 Å². The fraction of sp³-hybridized carbons (Fsp3) is 0.375. The van der Waals surface area contributed by atoms with Gasteiger partial charge in [0.25, 0.3) is 0 Å². The molecular weight excluding hydrogens is 444 g/mol. The quantitative estimate of drug-likeness (QED) is 0.360. The van der Waals surface area contributed by atoms with Crippen molar-refractivity contribution in [3.8, 4) is 11.5 Å². The largest absolute Gasteiger partial charge is 0.506 e. The maximum absolute atomic E-state index is 9.94. The first-order chi connectivity index (χ1) is 11.5. The smallest absolute Gasteiger partial charge is 0.142 e. The molecule has 7 nitrogen and oxygen atoms in total. The van der Waals surface area contributed by atoms with Crippen LogP contribution in [0.3, 0.4) is 0 Å². The third-order valence-corrected chi connectivity index (χ3v) is 5.92. The van der Waals surface area contributed by atoms with Gasteiger partial charge in [0.2, 0.25) is 0 Å². The fourth-order valence-corrected chi connectivity index (χ4v) is 4.36. The van der Waals surface area contributed by atoms with Gasteiger partial charge in [-0.25, -0.2) is 0 Å². The van der Waals surface area contributed by atoms with Gasteiger partial charge >= 0.3 is 0 Å². The summed E-state index contributed by atoms with van der Waals surface area (Å²) in [6.07, 6.45) is 3.32. The minimum absolute atomic E-state index is 0. The molecule has 10 heteroatoms. The molecule has 26 heavy (non-hydrogen) atoms. The van der Waals surface area contributed by atoms with Crippen LogP contribution in [0.1, 0.15) is 33.6 Å². The van der Waals surface area contributed by atoms with Crippen molar-refractivity contribution in [3.05, 3.63) is 46.0 Å². The van der Waals surface area contributed by atoms with Crippen molar-refractivity contribution in [2.45, 2.75) is 38.6 Å². The van der Waals surface area contributed by atoms with Crippen LogP contribution in [0.25, 0.3) is 0 Å². The summed E-state index contributed by atoms with van der Waals surface area (Å²) in [7, 11) is 3.08. The van der Waals surface area contributed by atoms with Crippen LogP contribution >= 0.6 is 38.6 Å². The number of hydrogen-bond acceptors (Lipinski definition) is 8. The lowest BCUT2D eigenvalue weighted by Gasteiger charge is -2.12. The van der Waals surface area contributed by atoms with E-state index in [1.165, 1.54) is 21.6 Å². The van der Waals surface area contributed by atoms with E-state index in [4.69, 9.17) is 0 Å². The molecule has 2 rings (SSSR count). The Kier molecular flexibility index (Phi) is 11.2. The van der Waals surface area contributed by atoms with E-state index in [9.17, 15) is 20.4 Å². The van der Waals surface area contributed by atoms with E-state index in [1.807, 2.05) is 0 Å². The highest BCUT2D eigenvalue weighted by Gasteiger charge is 2.13. The third-order valence-electron chi connectivity index (χ3n) is 3.69. The molecule has 0 spiro atoms. The van der Waals surface area contributed by atoms with Gasteiger partial charge in [0, 0.05) is 35.0 Å². The van der Waals surface area contributed by atoms with Gasteiger partial charge in [-0.15, -0.1) is 17.0 Å². The summed E-state index contributed by atoms with van der Waals surface area (Å²) in [6, 6.07) is 0. The summed E-state index contributed by atoms with van der Waals surface area (Å²) >= 11 is 0. The molecule has 0 aromatic carbocycles. The van der Waals surface area contributed by atoms with Crippen molar-refractivity contribution < 1.29 is 25.9 Å². The second-order valence-electron chi connectivity index (χ2n) is 5.23. The molecule has 0 amide bonds. The van der Waals surface area contributed by atoms with Crippen molar-refractivity contribution in [1.82, 2.24) is 9.97 Å². The Morgan fingerprint density at radius 3 is 1.46 bits per heavy atom. The Labute approximate surface area is 170 Å². The lowest BCUT2D eigenvalue weighted by molar-refractivity contribution is 0.273. The van der Waals surface area contributed by atoms with E-state index in [1.54, 1.807) is 26.2 Å². The van der Waals surface area contributed by atoms with Gasteiger partial charge in [-0.3, -0.25) is 9.97 Å². The number of aryl methyl sites for hydroxylation is 2. The minimum atomic E-state index is -0.236. The zero-order valence-electron chi connectivity index (χ0n) is 14.4. The molecule has 0 aliphatic carbocycles. The molecule has 2 aromatic rings. The number of aliphatic hydroxyl groups is 2. The van der Waals surface area contributed by atoms with E-state index in [-0.39, 0.29) is 47.2 Å². The van der Waals surface area contributed by atoms with Crippen LogP contribution < -0.4 is 0 Å². The van der Waals surface area contributed by atoms with Crippen molar-refractivity contribution in [2.75, 3.05) is 0 Å². The number of rotatable bonds is 7. The number of hydrogen-bond donors (Lipinski definition) is 4. The number of aliphatic hydroxyl groups excluding tert-OH is 2. The number of halogens is 1. The molecule has 0 radical (unpaired) electrons. The lowest BCUT2D eigenvalue weighted by atomic mass is 10.1. The monoisotopic (exact) mass is 466 g/mol. The van der Waals surface area contributed by atoms with Gasteiger partial charge in [0.05, 0.1) is 24.6 Å². The Balaban J connectivity index is 0.00000312. The van der Waals surface area contributed by atoms with Gasteiger partial charge in [-0.05, 0) is 25.0 Å². The standard InChI is InChI=1S/C16H20N2O4S2.BrH.H2O/c1-9-15(21)13(5-19)11(3-17-9)7-23-24-8-12-4-18-10(2)16(22)14(12)6-20;;/h3-4,19-22H,5-8H2,1-2H3;1H;1H2. The second kappa shape index (κ2) is 11.6. The molecule has 0 aliphatic rings. The zero-order chi connectivity index (χ0) is 17.7. The summed E-state index contributed by atoms with van der Waals surface area (Å²) in [5.41, 5.74) is 3.56. The molecule has 146 valence electrons. The van der Waals surface area contributed by atoms with Crippen LogP contribution in [0.2, 0.25) is 0 Å². The summed E-state index contributed by atoms with van der Waals surface area (Å²) in [5, 5.41) is 38.7. The average molecular weight is 467 g/mol. The second-order valence-corrected chi connectivity index (χ2v) is 7.70. The lowest BCUT2D eigenvalue weighted by Crippen LogP contribution is -1.98. The molecule has 2 aromatic heterocycles. The number of aromatic nitrogens is 2. The summed E-state index contributed by atoms with van der Waals surface area (Å²) in [6.45, 7) is 2.90. The maximum Gasteiger partial charge on any atom is 0.142 e. The fourth-order valence-electron chi connectivity index (χ4n) is 2.18. The number of nitrogens with zero attached hydrogens (tertiary/aromatic N) is 2. The van der Waals surface area contributed by atoms with Crippen LogP contribution in [0.15, 0.2) is 12.4 Å². The first kappa shape index (κ1) is 25.0. The first-order valence-electron chi connectivity index (χ1n) is 7.28. The predicted octanol–water partition coefficient (Wildman–Crippen LogP) is 2.32. The van der Waals surface area contributed by atoms with Crippen molar-refractivity contribution in [3.63, 3.8) is 0 Å². The highest BCUT2D eigenvalue weighted by Crippen LogP contribution is 2.35. The van der Waals surface area contributed by atoms with E-state index in [0.717, 1.165) is 11.1 Å². The highest BCUT2D eigenvalue weighted by molar-refractivity contribution is 8.93. The Bertz CT molecular complexity index is 673. The summed E-state index contributed by atoms with van der Waals surface area (Å²) in [5.74, 6) is 1.22. The van der Waals surface area contributed by atoms with Crippen LogP contribution in [-0.4, -0.2) is 35.9 Å². The van der Waals surface area contributed by atoms with Crippen LogP contribution in [0, 0.1) is 13.8 Å². The molecule has 2 heterocycles. The van der Waals surface area contributed by atoms with E-state index in [2.05, 4.69) is 9.97 Å². The zero-order valence-corrected chi connectivity index (χ0v) is 17.7. The van der Waals surface area contributed by atoms with Crippen molar-refractivity contribution in [1.29, 1.82) is 0 Å². The SMILES string of the molecule is Br.Cc1ncc(CSSCc2cnc(C)c(O)c2CO)c(CO)c1O.O. The molecule has 0 aliphatic heterocycles. The first-order valence-corrected chi connectivity index (χ1v) is 9.77. The molecule has 6 N–H and O–H groups in total. The summed E-state index contributed by atoms with van der Waals surface area (Å²) < 4.78 is 0. The molecule has 0 saturated carbocycles. The van der Waals surface area contributed by atoms with Gasteiger partial charge in [-0.1, -0.05) is 21.6 Å². The maximum atomic E-state index is 9.94. The van der Waals surface area contributed by atoms with Gasteiger partial charge in [0.1, 0.15) is 11.5 Å². The topological polar surface area (TPSA) is 138 Å². The minimum Gasteiger partial charge on any atom is -0.506 e. The molecule has 0 saturated heterocycles. The number of aromatic hydroxyl groups is 2. The van der Waals surface area contributed by atoms with E-state index < -0.39 is 0 Å². The van der Waals surface area contributed by atoms with Gasteiger partial charge in [0.15, 0.2) is 0 Å². The normalized spacial score (nSPS) is 10.2. The molecular formula is C16H23BrN2O5S2. The number of pyridine rings is 2. The van der Waals surface area contributed by atoms with Gasteiger partial charge in [-0.2, -0.15) is 0 Å². The average Bonchev–Trinajstić information content (AvgIpc) is 2.58. The Morgan fingerprint density at radius 2 is 1.15 bits per heavy atom. The Hall–Kier alpha value is -1.04. The molecule has 0 bridgehead atoms. The predicted molar refractivity (Wildman–Crippen MR) is 110 cm³/mol. The van der Waals surface area contributed by atoms with Crippen LogP contribution in [-0.2, 0) is 24.7 Å². The Morgan fingerprint density at radius 1 is 0.808 bits per heavy atom. The van der Waals surface area contributed by atoms with E-state index in [0.29, 0.717) is 34.0 Å². The molecule has 0 fully saturated rings. The van der Waals surface area contributed by atoms with Crippen molar-refractivity contribution in [2.24, 2.45) is 0 Å². The highest BCUT2D eigenvalue weighted by atomic mass is 79.9.